The van der Waals surface area contributed by atoms with Gasteiger partial charge in [-0.2, -0.15) is 0 Å². The lowest BCUT2D eigenvalue weighted by Crippen LogP contribution is -2.46. The van der Waals surface area contributed by atoms with Crippen LogP contribution in [0.3, 0.4) is 0 Å². The molecule has 0 saturated carbocycles. The third-order valence-corrected chi connectivity index (χ3v) is 4.89. The Hall–Kier alpha value is -1.66. The molecule has 1 amide bonds. The molecule has 2 aliphatic rings. The summed E-state index contributed by atoms with van der Waals surface area (Å²) in [7, 11) is 1.39. The Kier molecular flexibility index (Phi) is 5.68. The van der Waals surface area contributed by atoms with E-state index >= 15 is 0 Å². The number of benzene rings is 1. The zero-order valence-corrected chi connectivity index (χ0v) is 14.1. The van der Waals surface area contributed by atoms with Crippen LogP contribution in [0.5, 0.6) is 5.75 Å². The average Bonchev–Trinajstić information content (AvgIpc) is 3.10. The fourth-order valence-corrected chi connectivity index (χ4v) is 3.46. The molecule has 2 saturated heterocycles. The van der Waals surface area contributed by atoms with Crippen LogP contribution >= 0.6 is 0 Å². The summed E-state index contributed by atoms with van der Waals surface area (Å²) in [6.45, 7) is 4.74. The fraction of sp³-hybridized carbons (Fsp3) is 0.611. The average molecular weight is 336 g/mol. The van der Waals surface area contributed by atoms with Gasteiger partial charge in [-0.15, -0.1) is 0 Å². The summed E-state index contributed by atoms with van der Waals surface area (Å²) >= 11 is 0. The van der Waals surface area contributed by atoms with E-state index in [0.717, 1.165) is 52.1 Å². The summed E-state index contributed by atoms with van der Waals surface area (Å²) in [4.78, 5) is 14.8. The van der Waals surface area contributed by atoms with Crippen LogP contribution in [0.2, 0.25) is 0 Å². The van der Waals surface area contributed by atoms with Crippen molar-refractivity contribution < 1.29 is 18.7 Å². The van der Waals surface area contributed by atoms with Crippen LogP contribution in [0.25, 0.3) is 0 Å². The molecule has 6 heteroatoms. The molecule has 1 atom stereocenters. The minimum atomic E-state index is -0.601. The van der Waals surface area contributed by atoms with Gasteiger partial charge in [-0.1, -0.05) is 6.07 Å². The van der Waals surface area contributed by atoms with Crippen LogP contribution in [0.1, 0.15) is 29.6 Å². The number of methoxy groups -OCH3 is 1. The second-order valence-corrected chi connectivity index (χ2v) is 6.60. The normalized spacial score (nSPS) is 22.5. The summed E-state index contributed by atoms with van der Waals surface area (Å²) in [5.41, 5.74) is 0.0416. The number of hydrogen-bond acceptors (Lipinski definition) is 4. The molecule has 0 bridgehead atoms. The van der Waals surface area contributed by atoms with Crippen LogP contribution in [0.15, 0.2) is 18.2 Å². The molecule has 132 valence electrons. The number of ether oxygens (including phenoxy) is 2. The Balaban J connectivity index is 1.49. The predicted molar refractivity (Wildman–Crippen MR) is 88.8 cm³/mol. The van der Waals surface area contributed by atoms with Crippen molar-refractivity contribution in [2.75, 3.05) is 40.0 Å². The highest BCUT2D eigenvalue weighted by Gasteiger charge is 2.25. The lowest BCUT2D eigenvalue weighted by molar-refractivity contribution is 0.0898. The van der Waals surface area contributed by atoms with Gasteiger partial charge in [-0.05, 0) is 37.3 Å². The van der Waals surface area contributed by atoms with Gasteiger partial charge in [0.2, 0.25) is 0 Å². The zero-order chi connectivity index (χ0) is 16.9. The molecular formula is C18H25FN2O3. The predicted octanol–water partition coefficient (Wildman–Crippen LogP) is 2.06. The molecule has 0 spiro atoms. The highest BCUT2D eigenvalue weighted by molar-refractivity contribution is 5.95. The summed E-state index contributed by atoms with van der Waals surface area (Å²) in [6.07, 6.45) is 2.93. The first-order valence-corrected chi connectivity index (χ1v) is 8.61. The van der Waals surface area contributed by atoms with E-state index in [1.54, 1.807) is 6.07 Å². The van der Waals surface area contributed by atoms with Crippen molar-refractivity contribution in [3.63, 3.8) is 0 Å². The highest BCUT2D eigenvalue weighted by Crippen LogP contribution is 2.21. The third kappa shape index (κ3) is 4.05. The first-order valence-electron chi connectivity index (χ1n) is 8.61. The molecule has 3 rings (SSSR count). The summed E-state index contributed by atoms with van der Waals surface area (Å²) in [5, 5.41) is 2.96. The maximum atomic E-state index is 14.2. The van der Waals surface area contributed by atoms with E-state index in [9.17, 15) is 9.18 Å². The largest absolute Gasteiger partial charge is 0.494 e. The van der Waals surface area contributed by atoms with Gasteiger partial charge in [0, 0.05) is 32.3 Å². The van der Waals surface area contributed by atoms with Crippen molar-refractivity contribution in [3.05, 3.63) is 29.6 Å². The number of piperidine rings is 1. The fourth-order valence-electron chi connectivity index (χ4n) is 3.46. The van der Waals surface area contributed by atoms with E-state index in [0.29, 0.717) is 5.92 Å². The molecule has 24 heavy (non-hydrogen) atoms. The van der Waals surface area contributed by atoms with Gasteiger partial charge in [0.25, 0.3) is 5.91 Å². The quantitative estimate of drug-likeness (QED) is 0.894. The second kappa shape index (κ2) is 7.94. The van der Waals surface area contributed by atoms with Gasteiger partial charge in [0.05, 0.1) is 19.3 Å². The molecule has 0 radical (unpaired) electrons. The molecule has 0 unspecified atom stereocenters. The standard InChI is InChI=1S/C18H25FN2O3/c1-23-16-4-2-3-15(17(16)19)18(22)20-14-5-8-21(9-6-14)11-13-7-10-24-12-13/h2-4,13-14H,5-12H2,1H3,(H,20,22)/t13-/m0/s1. The van der Waals surface area contributed by atoms with Gasteiger partial charge in [0.15, 0.2) is 11.6 Å². The monoisotopic (exact) mass is 336 g/mol. The Morgan fingerprint density at radius 2 is 2.17 bits per heavy atom. The Bertz CT molecular complexity index is 567. The highest BCUT2D eigenvalue weighted by atomic mass is 19.1. The Labute approximate surface area is 142 Å². The topological polar surface area (TPSA) is 50.8 Å². The van der Waals surface area contributed by atoms with E-state index in [-0.39, 0.29) is 23.3 Å². The minimum absolute atomic E-state index is 0.0416. The molecular weight excluding hydrogens is 311 g/mol. The number of rotatable bonds is 5. The van der Waals surface area contributed by atoms with E-state index < -0.39 is 5.82 Å². The minimum Gasteiger partial charge on any atom is -0.494 e. The summed E-state index contributed by atoms with van der Waals surface area (Å²) < 4.78 is 24.5. The molecule has 2 heterocycles. The van der Waals surface area contributed by atoms with Crippen LogP contribution in [-0.4, -0.2) is 56.8 Å². The SMILES string of the molecule is COc1cccc(C(=O)NC2CCN(C[C@@H]3CCOC3)CC2)c1F. The van der Waals surface area contributed by atoms with Crippen molar-refractivity contribution in [2.24, 2.45) is 5.92 Å². The number of likely N-dealkylation sites (tertiary alicyclic amines) is 1. The van der Waals surface area contributed by atoms with Crippen LogP contribution < -0.4 is 10.1 Å². The van der Waals surface area contributed by atoms with Crippen molar-refractivity contribution in [2.45, 2.75) is 25.3 Å². The van der Waals surface area contributed by atoms with E-state index in [1.807, 2.05) is 0 Å². The van der Waals surface area contributed by atoms with Crippen LogP contribution in [0.4, 0.5) is 4.39 Å². The molecule has 2 fully saturated rings. The molecule has 1 aromatic carbocycles. The lowest BCUT2D eigenvalue weighted by atomic mass is 10.0. The van der Waals surface area contributed by atoms with Crippen molar-refractivity contribution >= 4 is 5.91 Å². The Morgan fingerprint density at radius 3 is 2.83 bits per heavy atom. The zero-order valence-electron chi connectivity index (χ0n) is 14.1. The number of nitrogens with zero attached hydrogens (tertiary/aromatic N) is 1. The molecule has 0 aromatic heterocycles. The number of carbonyl (C=O) groups excluding carboxylic acids is 1. The second-order valence-electron chi connectivity index (χ2n) is 6.60. The Morgan fingerprint density at radius 1 is 1.38 bits per heavy atom. The van der Waals surface area contributed by atoms with Crippen molar-refractivity contribution in [3.8, 4) is 5.75 Å². The molecule has 5 nitrogen and oxygen atoms in total. The number of nitrogens with one attached hydrogen (secondary N) is 1. The third-order valence-electron chi connectivity index (χ3n) is 4.89. The maximum absolute atomic E-state index is 14.2. The van der Waals surface area contributed by atoms with Gasteiger partial charge in [0.1, 0.15) is 0 Å². The molecule has 2 aliphatic heterocycles. The molecule has 0 aliphatic carbocycles. The van der Waals surface area contributed by atoms with Crippen molar-refractivity contribution in [1.82, 2.24) is 10.2 Å². The first-order chi connectivity index (χ1) is 11.7. The number of halogens is 1. The smallest absolute Gasteiger partial charge is 0.254 e. The van der Waals surface area contributed by atoms with E-state index in [4.69, 9.17) is 9.47 Å². The maximum Gasteiger partial charge on any atom is 0.254 e. The van der Waals surface area contributed by atoms with Crippen molar-refractivity contribution in [1.29, 1.82) is 0 Å². The van der Waals surface area contributed by atoms with Crippen LogP contribution in [-0.2, 0) is 4.74 Å². The molecule has 1 aromatic rings. The number of hydrogen-bond donors (Lipinski definition) is 1. The summed E-state index contributed by atoms with van der Waals surface area (Å²) in [6, 6.07) is 4.72. The van der Waals surface area contributed by atoms with Gasteiger partial charge >= 0.3 is 0 Å². The lowest BCUT2D eigenvalue weighted by Gasteiger charge is -2.33. The number of carbonyl (C=O) groups is 1. The van der Waals surface area contributed by atoms with Crippen LogP contribution in [0, 0.1) is 11.7 Å². The van der Waals surface area contributed by atoms with E-state index in [2.05, 4.69) is 10.2 Å². The van der Waals surface area contributed by atoms with Gasteiger partial charge < -0.3 is 19.7 Å². The van der Waals surface area contributed by atoms with Gasteiger partial charge in [-0.25, -0.2) is 4.39 Å². The number of amides is 1. The molecule has 1 N–H and O–H groups in total. The summed E-state index contributed by atoms with van der Waals surface area (Å²) in [5.74, 6) is -0.233. The van der Waals surface area contributed by atoms with Gasteiger partial charge in [-0.3, -0.25) is 4.79 Å². The van der Waals surface area contributed by atoms with E-state index in [1.165, 1.54) is 19.2 Å². The first kappa shape index (κ1) is 17.2.